The average Bonchev–Trinajstić information content (AvgIpc) is 2.98. The van der Waals surface area contributed by atoms with Crippen LogP contribution in [0.5, 0.6) is 0 Å². The highest BCUT2D eigenvalue weighted by Gasteiger charge is 2.26. The van der Waals surface area contributed by atoms with Crippen LogP contribution in [0.25, 0.3) is 5.69 Å². The van der Waals surface area contributed by atoms with Gasteiger partial charge in [-0.3, -0.25) is 4.57 Å². The minimum atomic E-state index is 0.327. The van der Waals surface area contributed by atoms with Crippen LogP contribution in [0, 0.1) is 13.8 Å². The Morgan fingerprint density at radius 2 is 1.74 bits per heavy atom. The van der Waals surface area contributed by atoms with Crippen LogP contribution in [0.2, 0.25) is 0 Å². The Labute approximate surface area is 139 Å². The van der Waals surface area contributed by atoms with E-state index in [0.717, 1.165) is 0 Å². The number of aryl methyl sites for hydroxylation is 2. The molecule has 3 rings (SSSR count). The lowest BCUT2D eigenvalue weighted by molar-refractivity contribution is 0.381. The molecule has 0 saturated carbocycles. The lowest BCUT2D eigenvalue weighted by atomic mass is 10.0. The maximum atomic E-state index is 2.41. The van der Waals surface area contributed by atoms with Crippen molar-refractivity contribution >= 4 is 5.82 Å². The predicted molar refractivity (Wildman–Crippen MR) is 98.2 cm³/mol. The molecule has 0 radical (unpaired) electrons. The average molecular weight is 309 g/mol. The molecule has 1 aromatic carbocycles. The molecule has 1 atom stereocenters. The van der Waals surface area contributed by atoms with Crippen LogP contribution in [0.3, 0.4) is 0 Å². The monoisotopic (exact) mass is 309 g/mol. The van der Waals surface area contributed by atoms with Gasteiger partial charge in [-0.05, 0) is 49.9 Å². The zero-order valence-corrected chi connectivity index (χ0v) is 15.0. The molecule has 1 aliphatic heterocycles. The van der Waals surface area contributed by atoms with Crippen molar-refractivity contribution in [2.24, 2.45) is 0 Å². The number of anilines is 1. The first-order valence-electron chi connectivity index (χ1n) is 8.38. The van der Waals surface area contributed by atoms with Gasteiger partial charge in [0.2, 0.25) is 0 Å². The Bertz CT molecular complexity index is 739. The number of nitrogens with zero attached hydrogens (tertiary/aromatic N) is 3. The van der Waals surface area contributed by atoms with Gasteiger partial charge in [-0.2, -0.15) is 0 Å². The second-order valence-corrected chi connectivity index (χ2v) is 6.84. The Hall–Kier alpha value is -2.16. The SMILES string of the molecule is Cc1cc(C)n(-c2ccccc2C(C)C)c1N1C=CN(C)[C@@H]1C. The molecule has 0 N–H and O–H groups in total. The van der Waals surface area contributed by atoms with Crippen LogP contribution < -0.4 is 4.90 Å². The minimum Gasteiger partial charge on any atom is -0.359 e. The van der Waals surface area contributed by atoms with Gasteiger partial charge in [0.1, 0.15) is 12.0 Å². The van der Waals surface area contributed by atoms with Gasteiger partial charge >= 0.3 is 0 Å². The summed E-state index contributed by atoms with van der Waals surface area (Å²) in [5, 5.41) is 0. The number of hydrogen-bond acceptors (Lipinski definition) is 2. The van der Waals surface area contributed by atoms with Crippen LogP contribution in [0.1, 0.15) is 43.5 Å². The lowest BCUT2D eigenvalue weighted by Crippen LogP contribution is -2.35. The molecule has 0 spiro atoms. The summed E-state index contributed by atoms with van der Waals surface area (Å²) in [5.41, 5.74) is 5.27. The van der Waals surface area contributed by atoms with E-state index in [-0.39, 0.29) is 0 Å². The number of benzene rings is 1. The van der Waals surface area contributed by atoms with Crippen molar-refractivity contribution in [3.63, 3.8) is 0 Å². The zero-order chi connectivity index (χ0) is 16.7. The highest BCUT2D eigenvalue weighted by atomic mass is 15.4. The fraction of sp³-hybridized carbons (Fsp3) is 0.400. The van der Waals surface area contributed by atoms with Crippen LogP contribution in [-0.4, -0.2) is 22.7 Å². The number of hydrogen-bond donors (Lipinski definition) is 0. The van der Waals surface area contributed by atoms with E-state index in [0.29, 0.717) is 12.1 Å². The molecule has 23 heavy (non-hydrogen) atoms. The second kappa shape index (κ2) is 5.80. The van der Waals surface area contributed by atoms with Gasteiger partial charge in [0.25, 0.3) is 0 Å². The Morgan fingerprint density at radius 3 is 2.35 bits per heavy atom. The summed E-state index contributed by atoms with van der Waals surface area (Å²) in [7, 11) is 2.12. The van der Waals surface area contributed by atoms with E-state index in [4.69, 9.17) is 0 Å². The third-order valence-corrected chi connectivity index (χ3v) is 4.84. The molecular formula is C20H27N3. The first kappa shape index (κ1) is 15.7. The minimum absolute atomic E-state index is 0.327. The smallest absolute Gasteiger partial charge is 0.122 e. The topological polar surface area (TPSA) is 11.4 Å². The van der Waals surface area contributed by atoms with Gasteiger partial charge in [-0.25, -0.2) is 0 Å². The highest BCUT2D eigenvalue weighted by Crippen LogP contribution is 2.35. The van der Waals surface area contributed by atoms with Crippen molar-refractivity contribution < 1.29 is 0 Å². The van der Waals surface area contributed by atoms with Gasteiger partial charge in [0, 0.05) is 25.1 Å². The van der Waals surface area contributed by atoms with Gasteiger partial charge < -0.3 is 9.80 Å². The summed E-state index contributed by atoms with van der Waals surface area (Å²) in [6.45, 7) is 11.2. The quantitative estimate of drug-likeness (QED) is 0.808. The Kier molecular flexibility index (Phi) is 3.97. The molecule has 0 aliphatic carbocycles. The van der Waals surface area contributed by atoms with Gasteiger partial charge in [0.15, 0.2) is 0 Å². The van der Waals surface area contributed by atoms with Crippen molar-refractivity contribution in [2.45, 2.75) is 46.7 Å². The molecular weight excluding hydrogens is 282 g/mol. The maximum Gasteiger partial charge on any atom is 0.122 e. The summed E-state index contributed by atoms with van der Waals surface area (Å²) >= 11 is 0. The fourth-order valence-electron chi connectivity index (χ4n) is 3.46. The number of aromatic nitrogens is 1. The number of rotatable bonds is 3. The van der Waals surface area contributed by atoms with Crippen molar-refractivity contribution in [3.8, 4) is 5.69 Å². The van der Waals surface area contributed by atoms with Crippen LogP contribution >= 0.6 is 0 Å². The standard InChI is InChI=1S/C20H27N3/c1-14(2)18-9-7-8-10-19(18)23-16(4)13-15(3)20(23)22-12-11-21(6)17(22)5/h7-14,17H,1-6H3/t17-/m0/s1. The maximum absolute atomic E-state index is 2.41. The molecule has 3 heteroatoms. The Morgan fingerprint density at radius 1 is 1.04 bits per heavy atom. The highest BCUT2D eigenvalue weighted by molar-refractivity contribution is 5.61. The normalized spacial score (nSPS) is 17.6. The summed E-state index contributed by atoms with van der Waals surface area (Å²) in [4.78, 5) is 4.60. The van der Waals surface area contributed by atoms with E-state index in [9.17, 15) is 0 Å². The molecule has 1 aromatic heterocycles. The van der Waals surface area contributed by atoms with Gasteiger partial charge in [0.05, 0.1) is 5.69 Å². The summed E-state index contributed by atoms with van der Waals surface area (Å²) in [6, 6.07) is 11.0. The van der Waals surface area contributed by atoms with Crippen LogP contribution in [0.4, 0.5) is 5.82 Å². The van der Waals surface area contributed by atoms with Crippen molar-refractivity contribution in [1.29, 1.82) is 0 Å². The predicted octanol–water partition coefficient (Wildman–Crippen LogP) is 4.79. The van der Waals surface area contributed by atoms with Crippen molar-refractivity contribution in [3.05, 3.63) is 59.6 Å². The molecule has 0 amide bonds. The lowest BCUT2D eigenvalue weighted by Gasteiger charge is -2.30. The zero-order valence-electron chi connectivity index (χ0n) is 15.0. The first-order chi connectivity index (χ1) is 10.9. The van der Waals surface area contributed by atoms with E-state index in [1.807, 2.05) is 0 Å². The van der Waals surface area contributed by atoms with Crippen molar-refractivity contribution in [2.75, 3.05) is 11.9 Å². The molecule has 2 aromatic rings. The molecule has 0 fully saturated rings. The molecule has 2 heterocycles. The first-order valence-corrected chi connectivity index (χ1v) is 8.38. The second-order valence-electron chi connectivity index (χ2n) is 6.84. The van der Waals surface area contributed by atoms with E-state index < -0.39 is 0 Å². The molecule has 0 unspecified atom stereocenters. The Balaban J connectivity index is 2.20. The van der Waals surface area contributed by atoms with Gasteiger partial charge in [-0.15, -0.1) is 0 Å². The summed E-state index contributed by atoms with van der Waals surface area (Å²) < 4.78 is 2.41. The van der Waals surface area contributed by atoms with E-state index in [1.165, 1.54) is 28.3 Å². The largest absolute Gasteiger partial charge is 0.359 e. The van der Waals surface area contributed by atoms with Crippen LogP contribution in [-0.2, 0) is 0 Å². The van der Waals surface area contributed by atoms with E-state index in [2.05, 4.69) is 98.8 Å². The molecule has 122 valence electrons. The number of para-hydroxylation sites is 1. The molecule has 0 bridgehead atoms. The summed E-state index contributed by atoms with van der Waals surface area (Å²) in [6.07, 6.45) is 4.65. The molecule has 1 aliphatic rings. The van der Waals surface area contributed by atoms with Crippen molar-refractivity contribution in [1.82, 2.24) is 9.47 Å². The third kappa shape index (κ3) is 2.54. The molecule has 0 saturated heterocycles. The molecule has 3 nitrogen and oxygen atoms in total. The van der Waals surface area contributed by atoms with E-state index >= 15 is 0 Å². The summed E-state index contributed by atoms with van der Waals surface area (Å²) in [5.74, 6) is 1.76. The third-order valence-electron chi connectivity index (χ3n) is 4.84. The van der Waals surface area contributed by atoms with E-state index in [1.54, 1.807) is 0 Å². The van der Waals surface area contributed by atoms with Crippen LogP contribution in [0.15, 0.2) is 42.7 Å². The fourth-order valence-corrected chi connectivity index (χ4v) is 3.46. The van der Waals surface area contributed by atoms with Gasteiger partial charge in [-0.1, -0.05) is 32.0 Å².